The van der Waals surface area contributed by atoms with Gasteiger partial charge in [-0.25, -0.2) is 0 Å². The molecule has 1 N–H and O–H groups in total. The molecule has 0 bridgehead atoms. The van der Waals surface area contributed by atoms with Crippen molar-refractivity contribution >= 4 is 5.97 Å². The zero-order valence-corrected chi connectivity index (χ0v) is 11.4. The monoisotopic (exact) mass is 222 g/mol. The van der Waals surface area contributed by atoms with E-state index in [4.69, 9.17) is 5.11 Å². The van der Waals surface area contributed by atoms with Gasteiger partial charge in [-0.15, -0.1) is 0 Å². The molecule has 68 valence electrons. The SMILES string of the molecule is C1CCC1.CC(C)(C)C(=O)O.[Zn]. The third kappa shape index (κ3) is 8.19. The van der Waals surface area contributed by atoms with Gasteiger partial charge in [0.05, 0.1) is 5.41 Å². The summed E-state index contributed by atoms with van der Waals surface area (Å²) < 4.78 is 0. The molecule has 0 heterocycles. The minimum atomic E-state index is -0.757. The molecule has 0 aromatic carbocycles. The van der Waals surface area contributed by atoms with Gasteiger partial charge in [0.25, 0.3) is 0 Å². The molecule has 1 aliphatic carbocycles. The Bertz CT molecular complexity index is 119. The summed E-state index contributed by atoms with van der Waals surface area (Å²) >= 11 is 0. The van der Waals surface area contributed by atoms with Crippen molar-refractivity contribution in [2.45, 2.75) is 46.5 Å². The maximum atomic E-state index is 10.0. The van der Waals surface area contributed by atoms with E-state index in [0.717, 1.165) is 0 Å². The molecule has 1 aliphatic rings. The van der Waals surface area contributed by atoms with Crippen LogP contribution >= 0.6 is 0 Å². The van der Waals surface area contributed by atoms with Crippen LogP contribution in [0.1, 0.15) is 46.5 Å². The van der Waals surface area contributed by atoms with Gasteiger partial charge in [-0.1, -0.05) is 25.7 Å². The minimum absolute atomic E-state index is 0. The molecule has 0 aromatic heterocycles. The van der Waals surface area contributed by atoms with Gasteiger partial charge in [0.2, 0.25) is 0 Å². The number of hydrogen-bond acceptors (Lipinski definition) is 1. The Balaban J connectivity index is 0. The first-order chi connectivity index (χ1) is 4.94. The van der Waals surface area contributed by atoms with Crippen LogP contribution < -0.4 is 0 Å². The summed E-state index contributed by atoms with van der Waals surface area (Å²) in [5, 5.41) is 8.25. The first-order valence-electron chi connectivity index (χ1n) is 4.18. The summed E-state index contributed by atoms with van der Waals surface area (Å²) in [4.78, 5) is 10.0. The molecular weight excluding hydrogens is 205 g/mol. The molecule has 0 aliphatic heterocycles. The molecule has 0 aromatic rings. The second kappa shape index (κ2) is 6.59. The standard InChI is InChI=1S/C5H10O2.C4H8.Zn/c1-5(2,3)4(6)7;1-2-4-3-1;/h1-3H3,(H,6,7);1-4H2;. The molecule has 0 amide bonds. The van der Waals surface area contributed by atoms with Gasteiger partial charge in [-0.05, 0) is 20.8 Å². The molecule has 1 fully saturated rings. The van der Waals surface area contributed by atoms with Crippen molar-refractivity contribution in [3.8, 4) is 0 Å². The molecule has 2 nitrogen and oxygen atoms in total. The molecule has 1 saturated carbocycles. The van der Waals surface area contributed by atoms with Gasteiger partial charge < -0.3 is 5.11 Å². The number of aliphatic carboxylic acids is 1. The van der Waals surface area contributed by atoms with E-state index in [1.807, 2.05) is 0 Å². The van der Waals surface area contributed by atoms with Crippen molar-refractivity contribution in [3.63, 3.8) is 0 Å². The Kier molecular flexibility index (Phi) is 8.03. The molecule has 0 radical (unpaired) electrons. The Morgan fingerprint density at radius 1 is 1.08 bits per heavy atom. The van der Waals surface area contributed by atoms with E-state index in [1.165, 1.54) is 25.7 Å². The average molecular weight is 224 g/mol. The van der Waals surface area contributed by atoms with Crippen LogP contribution in [0.2, 0.25) is 0 Å². The van der Waals surface area contributed by atoms with Crippen LogP contribution in [0.25, 0.3) is 0 Å². The number of hydrogen-bond donors (Lipinski definition) is 1. The number of carboxylic acids is 1. The summed E-state index contributed by atoms with van der Waals surface area (Å²) in [7, 11) is 0. The fourth-order valence-electron chi connectivity index (χ4n) is 0.250. The van der Waals surface area contributed by atoms with Gasteiger partial charge in [0, 0.05) is 19.5 Å². The van der Waals surface area contributed by atoms with Gasteiger partial charge >= 0.3 is 5.97 Å². The third-order valence-corrected chi connectivity index (χ3v) is 1.64. The second-order valence-electron chi connectivity index (χ2n) is 3.97. The van der Waals surface area contributed by atoms with Gasteiger partial charge in [-0.3, -0.25) is 4.79 Å². The Labute approximate surface area is 87.5 Å². The molecular formula is C9H18O2Zn. The fourth-order valence-corrected chi connectivity index (χ4v) is 0.250. The predicted molar refractivity (Wildman–Crippen MR) is 45.6 cm³/mol. The summed E-state index contributed by atoms with van der Waals surface area (Å²) in [6.07, 6.45) is 6.00. The van der Waals surface area contributed by atoms with E-state index >= 15 is 0 Å². The van der Waals surface area contributed by atoms with Gasteiger partial charge in [-0.2, -0.15) is 0 Å². The first-order valence-corrected chi connectivity index (χ1v) is 4.18. The van der Waals surface area contributed by atoms with Gasteiger partial charge in [0.1, 0.15) is 0 Å². The van der Waals surface area contributed by atoms with E-state index < -0.39 is 11.4 Å². The van der Waals surface area contributed by atoms with E-state index in [9.17, 15) is 4.79 Å². The molecule has 0 spiro atoms. The summed E-state index contributed by atoms with van der Waals surface area (Å²) in [6, 6.07) is 0. The fraction of sp³-hybridized carbons (Fsp3) is 0.889. The molecule has 3 heteroatoms. The topological polar surface area (TPSA) is 37.3 Å². The van der Waals surface area contributed by atoms with Crippen molar-refractivity contribution in [1.82, 2.24) is 0 Å². The molecule has 12 heavy (non-hydrogen) atoms. The predicted octanol–water partition coefficient (Wildman–Crippen LogP) is 2.68. The van der Waals surface area contributed by atoms with E-state index in [0.29, 0.717) is 0 Å². The summed E-state index contributed by atoms with van der Waals surface area (Å²) in [6.45, 7) is 4.99. The number of carboxylic acid groups (broad SMARTS) is 1. The van der Waals surface area contributed by atoms with Crippen molar-refractivity contribution in [1.29, 1.82) is 0 Å². The second-order valence-corrected chi connectivity index (χ2v) is 3.97. The van der Waals surface area contributed by atoms with Crippen LogP contribution in [-0.4, -0.2) is 11.1 Å². The van der Waals surface area contributed by atoms with E-state index in [1.54, 1.807) is 20.8 Å². The van der Waals surface area contributed by atoms with Gasteiger partial charge in [0.15, 0.2) is 0 Å². The smallest absolute Gasteiger partial charge is 0.308 e. The Morgan fingerprint density at radius 3 is 1.25 bits per heavy atom. The van der Waals surface area contributed by atoms with Crippen LogP contribution in [0, 0.1) is 5.41 Å². The Hall–Kier alpha value is 0.0934. The molecule has 1 rings (SSSR count). The van der Waals surface area contributed by atoms with Crippen LogP contribution in [0.5, 0.6) is 0 Å². The largest absolute Gasteiger partial charge is 0.481 e. The van der Waals surface area contributed by atoms with Crippen LogP contribution in [-0.2, 0) is 24.3 Å². The normalized spacial score (nSPS) is 14.6. The zero-order valence-electron chi connectivity index (χ0n) is 8.39. The first kappa shape index (κ1) is 14.6. The molecule has 0 atom stereocenters. The number of rotatable bonds is 0. The summed E-state index contributed by atoms with van der Waals surface area (Å²) in [5.41, 5.74) is -0.583. The Morgan fingerprint density at radius 2 is 1.25 bits per heavy atom. The third-order valence-electron chi connectivity index (χ3n) is 1.64. The average Bonchev–Trinajstić information content (AvgIpc) is 1.55. The maximum Gasteiger partial charge on any atom is 0.308 e. The molecule has 0 saturated heterocycles. The van der Waals surface area contributed by atoms with Crippen LogP contribution in [0.15, 0.2) is 0 Å². The van der Waals surface area contributed by atoms with Crippen molar-refractivity contribution in [3.05, 3.63) is 0 Å². The van der Waals surface area contributed by atoms with E-state index in [2.05, 4.69) is 0 Å². The molecule has 0 unspecified atom stereocenters. The van der Waals surface area contributed by atoms with Crippen LogP contribution in [0.3, 0.4) is 0 Å². The number of carbonyl (C=O) groups is 1. The van der Waals surface area contributed by atoms with E-state index in [-0.39, 0.29) is 19.5 Å². The van der Waals surface area contributed by atoms with Crippen LogP contribution in [0.4, 0.5) is 0 Å². The minimum Gasteiger partial charge on any atom is -0.481 e. The quantitative estimate of drug-likeness (QED) is 0.641. The summed E-state index contributed by atoms with van der Waals surface area (Å²) in [5.74, 6) is -0.757. The maximum absolute atomic E-state index is 10.0. The van der Waals surface area contributed by atoms with Crippen molar-refractivity contribution in [2.75, 3.05) is 0 Å². The zero-order chi connectivity index (χ0) is 8.91. The van der Waals surface area contributed by atoms with Crippen molar-refractivity contribution < 1.29 is 29.4 Å². The van der Waals surface area contributed by atoms with Crippen molar-refractivity contribution in [2.24, 2.45) is 5.41 Å².